The summed E-state index contributed by atoms with van der Waals surface area (Å²) in [5.41, 5.74) is 3.13. The van der Waals surface area contributed by atoms with Crippen molar-refractivity contribution in [1.82, 2.24) is 14.9 Å². The fourth-order valence-corrected chi connectivity index (χ4v) is 3.92. The van der Waals surface area contributed by atoms with Gasteiger partial charge in [0.25, 0.3) is 0 Å². The van der Waals surface area contributed by atoms with E-state index in [1.54, 1.807) is 29.0 Å². The summed E-state index contributed by atoms with van der Waals surface area (Å²) in [4.78, 5) is 0. The minimum atomic E-state index is 0.475. The van der Waals surface area contributed by atoms with E-state index in [1.807, 2.05) is 79.7 Å². The van der Waals surface area contributed by atoms with Gasteiger partial charge in [-0.05, 0) is 53.9 Å². The van der Waals surface area contributed by atoms with E-state index >= 15 is 0 Å². The lowest BCUT2D eigenvalue weighted by molar-refractivity contribution is 0.269. The third-order valence-corrected chi connectivity index (χ3v) is 5.87. The summed E-state index contributed by atoms with van der Waals surface area (Å²) < 4.78 is 13.4. The number of nitrogens with zero attached hydrogens (tertiary/aromatic N) is 4. The first-order valence-electron chi connectivity index (χ1n) is 10.5. The molecule has 8 heteroatoms. The molecule has 0 saturated heterocycles. The Kier molecular flexibility index (Phi) is 8.00. The maximum atomic E-state index is 5.98. The molecule has 1 aromatic heterocycles. The van der Waals surface area contributed by atoms with E-state index < -0.39 is 0 Å². The predicted octanol–water partition coefficient (Wildman–Crippen LogP) is 6.08. The van der Waals surface area contributed by atoms with Crippen LogP contribution in [0.1, 0.15) is 23.6 Å². The van der Waals surface area contributed by atoms with Gasteiger partial charge in [0, 0.05) is 10.8 Å². The van der Waals surface area contributed by atoms with Gasteiger partial charge in [0.05, 0.1) is 12.8 Å². The normalized spacial score (nSPS) is 11.1. The Bertz CT molecular complexity index is 1200. The molecule has 0 saturated carbocycles. The molecule has 168 valence electrons. The minimum Gasteiger partial charge on any atom is -0.490 e. The molecule has 0 radical (unpaired) electrons. The summed E-state index contributed by atoms with van der Waals surface area (Å²) in [6, 6.07) is 23.5. The zero-order chi connectivity index (χ0) is 22.9. The SMILES string of the molecule is CCOc1cc(C=Nn2cnnc2SCc2ccc(Cl)cc2)ccc1OCc1ccccc1. The van der Waals surface area contributed by atoms with Crippen LogP contribution in [0.5, 0.6) is 11.5 Å². The van der Waals surface area contributed by atoms with Crippen molar-refractivity contribution in [3.63, 3.8) is 0 Å². The Labute approximate surface area is 202 Å². The lowest BCUT2D eigenvalue weighted by Crippen LogP contribution is -2.00. The molecular formula is C25H23ClN4O2S. The first-order chi connectivity index (χ1) is 16.2. The fourth-order valence-electron chi connectivity index (χ4n) is 2.98. The van der Waals surface area contributed by atoms with Crippen molar-refractivity contribution in [3.05, 3.63) is 101 Å². The summed E-state index contributed by atoms with van der Waals surface area (Å²) >= 11 is 7.51. The van der Waals surface area contributed by atoms with Crippen LogP contribution in [0, 0.1) is 0 Å². The molecule has 0 unspecified atom stereocenters. The highest BCUT2D eigenvalue weighted by molar-refractivity contribution is 7.98. The van der Waals surface area contributed by atoms with Gasteiger partial charge in [0.1, 0.15) is 12.9 Å². The molecule has 0 bridgehead atoms. The summed E-state index contributed by atoms with van der Waals surface area (Å²) in [5.74, 6) is 2.12. The van der Waals surface area contributed by atoms with Gasteiger partial charge in [-0.1, -0.05) is 65.8 Å². The average Bonchev–Trinajstić information content (AvgIpc) is 3.30. The van der Waals surface area contributed by atoms with Crippen LogP contribution in [0.3, 0.4) is 0 Å². The Balaban J connectivity index is 1.43. The van der Waals surface area contributed by atoms with Crippen molar-refractivity contribution in [2.24, 2.45) is 5.10 Å². The van der Waals surface area contributed by atoms with Crippen LogP contribution in [0.15, 0.2) is 89.4 Å². The lowest BCUT2D eigenvalue weighted by atomic mass is 10.2. The zero-order valence-corrected chi connectivity index (χ0v) is 19.7. The molecule has 0 fully saturated rings. The van der Waals surface area contributed by atoms with Crippen LogP contribution in [0.25, 0.3) is 0 Å². The van der Waals surface area contributed by atoms with E-state index in [2.05, 4.69) is 15.3 Å². The highest BCUT2D eigenvalue weighted by atomic mass is 35.5. The van der Waals surface area contributed by atoms with E-state index in [0.29, 0.717) is 29.9 Å². The Hall–Kier alpha value is -3.29. The molecule has 3 aromatic carbocycles. The molecule has 0 N–H and O–H groups in total. The largest absolute Gasteiger partial charge is 0.490 e. The molecule has 4 rings (SSSR count). The van der Waals surface area contributed by atoms with Gasteiger partial charge in [0.15, 0.2) is 11.5 Å². The van der Waals surface area contributed by atoms with Crippen molar-refractivity contribution in [2.75, 3.05) is 6.61 Å². The number of aromatic nitrogens is 3. The van der Waals surface area contributed by atoms with E-state index in [1.165, 1.54) is 0 Å². The van der Waals surface area contributed by atoms with E-state index in [4.69, 9.17) is 21.1 Å². The maximum Gasteiger partial charge on any atom is 0.212 e. The fraction of sp³-hybridized carbons (Fsp3) is 0.160. The summed E-state index contributed by atoms with van der Waals surface area (Å²) in [6.45, 7) is 2.96. The monoisotopic (exact) mass is 478 g/mol. The number of halogens is 1. The van der Waals surface area contributed by atoms with Crippen LogP contribution in [-0.4, -0.2) is 27.7 Å². The van der Waals surface area contributed by atoms with E-state index in [-0.39, 0.29) is 0 Å². The highest BCUT2D eigenvalue weighted by Crippen LogP contribution is 2.29. The van der Waals surface area contributed by atoms with Crippen molar-refractivity contribution in [1.29, 1.82) is 0 Å². The predicted molar refractivity (Wildman–Crippen MR) is 132 cm³/mol. The first-order valence-corrected chi connectivity index (χ1v) is 11.8. The molecule has 0 aliphatic carbocycles. The van der Waals surface area contributed by atoms with Crippen molar-refractivity contribution < 1.29 is 9.47 Å². The molecule has 6 nitrogen and oxygen atoms in total. The third kappa shape index (κ3) is 6.60. The van der Waals surface area contributed by atoms with Crippen molar-refractivity contribution in [2.45, 2.75) is 24.4 Å². The minimum absolute atomic E-state index is 0.475. The summed E-state index contributed by atoms with van der Waals surface area (Å²) in [5, 5.41) is 14.1. The van der Waals surface area contributed by atoms with Gasteiger partial charge in [-0.25, -0.2) is 0 Å². The van der Waals surface area contributed by atoms with Crippen molar-refractivity contribution in [3.8, 4) is 11.5 Å². The lowest BCUT2D eigenvalue weighted by Gasteiger charge is -2.12. The van der Waals surface area contributed by atoms with Crippen LogP contribution < -0.4 is 9.47 Å². The second-order valence-corrected chi connectivity index (χ2v) is 8.41. The summed E-state index contributed by atoms with van der Waals surface area (Å²) in [6.07, 6.45) is 3.33. The molecular weight excluding hydrogens is 456 g/mol. The molecule has 0 spiro atoms. The molecule has 4 aromatic rings. The standard InChI is InChI=1S/C25H23ClN4O2S/c1-2-31-24-14-21(10-13-23(24)32-16-19-6-4-3-5-7-19)15-28-30-18-27-29-25(30)33-17-20-8-11-22(26)12-9-20/h3-15,18H,2,16-17H2,1H3. The number of rotatable bonds is 10. The van der Waals surface area contributed by atoms with Gasteiger partial charge >= 0.3 is 0 Å². The number of ether oxygens (including phenoxy) is 2. The Morgan fingerprint density at radius 2 is 1.79 bits per heavy atom. The smallest absolute Gasteiger partial charge is 0.212 e. The van der Waals surface area contributed by atoms with Gasteiger partial charge in [-0.3, -0.25) is 0 Å². The van der Waals surface area contributed by atoms with Crippen LogP contribution in [0.2, 0.25) is 5.02 Å². The van der Waals surface area contributed by atoms with E-state index in [0.717, 1.165) is 27.5 Å². The molecule has 0 amide bonds. The highest BCUT2D eigenvalue weighted by Gasteiger charge is 2.08. The van der Waals surface area contributed by atoms with Gasteiger partial charge in [0.2, 0.25) is 5.16 Å². The second-order valence-electron chi connectivity index (χ2n) is 7.03. The summed E-state index contributed by atoms with van der Waals surface area (Å²) in [7, 11) is 0. The van der Waals surface area contributed by atoms with Gasteiger partial charge in [-0.2, -0.15) is 9.78 Å². The maximum absolute atomic E-state index is 5.98. The second kappa shape index (κ2) is 11.5. The molecule has 0 aliphatic rings. The number of hydrogen-bond acceptors (Lipinski definition) is 6. The van der Waals surface area contributed by atoms with Crippen LogP contribution in [-0.2, 0) is 12.4 Å². The number of thioether (sulfide) groups is 1. The first kappa shape index (κ1) is 22.9. The van der Waals surface area contributed by atoms with Gasteiger partial charge < -0.3 is 9.47 Å². The topological polar surface area (TPSA) is 61.5 Å². The molecule has 0 aliphatic heterocycles. The zero-order valence-electron chi connectivity index (χ0n) is 18.1. The molecule has 33 heavy (non-hydrogen) atoms. The third-order valence-electron chi connectivity index (χ3n) is 4.62. The van der Waals surface area contributed by atoms with Crippen LogP contribution in [0.4, 0.5) is 0 Å². The van der Waals surface area contributed by atoms with Gasteiger partial charge in [-0.15, -0.1) is 10.2 Å². The van der Waals surface area contributed by atoms with Crippen molar-refractivity contribution >= 4 is 29.6 Å². The Morgan fingerprint density at radius 3 is 2.58 bits per heavy atom. The number of hydrogen-bond donors (Lipinski definition) is 0. The van der Waals surface area contributed by atoms with E-state index in [9.17, 15) is 0 Å². The molecule has 1 heterocycles. The molecule has 0 atom stereocenters. The quantitative estimate of drug-likeness (QED) is 0.204. The Morgan fingerprint density at radius 1 is 0.970 bits per heavy atom. The number of benzene rings is 3. The van der Waals surface area contributed by atoms with Crippen LogP contribution >= 0.6 is 23.4 Å². The average molecular weight is 479 g/mol.